The minimum atomic E-state index is -0.833. The van der Waals surface area contributed by atoms with Crippen LogP contribution in [0.5, 0.6) is 5.75 Å². The SMILES string of the molecule is CN(C)c1cc[n+](-c2c(O)c(=O)c2=O)cc1Br. The molecule has 88 valence electrons. The molecule has 1 aromatic heterocycles. The normalized spacial score (nSPS) is 10.8. The number of nitrogens with zero attached hydrogens (tertiary/aromatic N) is 2. The van der Waals surface area contributed by atoms with Gasteiger partial charge in [-0.1, -0.05) is 0 Å². The Bertz CT molecular complexity index is 657. The smallest absolute Gasteiger partial charge is 0.309 e. The van der Waals surface area contributed by atoms with Gasteiger partial charge in [-0.2, -0.15) is 4.57 Å². The van der Waals surface area contributed by atoms with Crippen LogP contribution in [0.15, 0.2) is 32.5 Å². The summed E-state index contributed by atoms with van der Waals surface area (Å²) in [5, 5.41) is 9.33. The molecule has 0 atom stereocenters. The summed E-state index contributed by atoms with van der Waals surface area (Å²) < 4.78 is 2.19. The van der Waals surface area contributed by atoms with Crippen molar-refractivity contribution in [2.75, 3.05) is 19.0 Å². The maximum atomic E-state index is 11.3. The van der Waals surface area contributed by atoms with Gasteiger partial charge in [-0.05, 0) is 15.9 Å². The summed E-state index contributed by atoms with van der Waals surface area (Å²) in [6.07, 6.45) is 3.25. The Hall–Kier alpha value is -1.69. The van der Waals surface area contributed by atoms with Crippen LogP contribution in [0.3, 0.4) is 0 Å². The Labute approximate surface area is 105 Å². The molecule has 0 saturated carbocycles. The van der Waals surface area contributed by atoms with Crippen molar-refractivity contribution in [1.82, 2.24) is 0 Å². The number of hydrogen-bond acceptors (Lipinski definition) is 4. The largest absolute Gasteiger partial charge is 0.499 e. The molecule has 0 aliphatic carbocycles. The lowest BCUT2D eigenvalue weighted by atomic mass is 10.2. The summed E-state index contributed by atoms with van der Waals surface area (Å²) in [7, 11) is 3.78. The van der Waals surface area contributed by atoms with Gasteiger partial charge < -0.3 is 10.0 Å². The first-order chi connectivity index (χ1) is 7.93. The van der Waals surface area contributed by atoms with E-state index < -0.39 is 16.6 Å². The number of pyridine rings is 1. The number of aromatic hydroxyl groups is 1. The van der Waals surface area contributed by atoms with Gasteiger partial charge in [-0.3, -0.25) is 9.59 Å². The maximum absolute atomic E-state index is 11.3. The molecule has 0 fully saturated rings. The first-order valence-corrected chi connectivity index (χ1v) is 5.63. The van der Waals surface area contributed by atoms with Crippen molar-refractivity contribution in [3.63, 3.8) is 0 Å². The van der Waals surface area contributed by atoms with Crippen molar-refractivity contribution < 1.29 is 9.67 Å². The molecule has 2 aromatic rings. The molecule has 0 bridgehead atoms. The van der Waals surface area contributed by atoms with E-state index in [2.05, 4.69) is 15.9 Å². The number of anilines is 1. The van der Waals surface area contributed by atoms with Crippen LogP contribution in [0.1, 0.15) is 0 Å². The van der Waals surface area contributed by atoms with Gasteiger partial charge in [-0.15, -0.1) is 0 Å². The van der Waals surface area contributed by atoms with E-state index in [0.29, 0.717) is 0 Å². The monoisotopic (exact) mass is 297 g/mol. The van der Waals surface area contributed by atoms with E-state index in [1.54, 1.807) is 18.5 Å². The molecule has 1 aromatic carbocycles. The highest BCUT2D eigenvalue weighted by Gasteiger charge is 2.29. The van der Waals surface area contributed by atoms with Crippen molar-refractivity contribution in [1.29, 1.82) is 0 Å². The molecule has 6 heteroatoms. The molecule has 0 radical (unpaired) electrons. The van der Waals surface area contributed by atoms with Crippen LogP contribution in [0.4, 0.5) is 5.69 Å². The summed E-state index contributed by atoms with van der Waals surface area (Å²) in [6.45, 7) is 0. The third-order valence-corrected chi connectivity index (χ3v) is 3.10. The van der Waals surface area contributed by atoms with Gasteiger partial charge in [0.2, 0.25) is 5.75 Å². The van der Waals surface area contributed by atoms with Gasteiger partial charge in [0.05, 0.1) is 5.69 Å². The van der Waals surface area contributed by atoms with E-state index in [-0.39, 0.29) is 5.69 Å². The highest BCUT2D eigenvalue weighted by atomic mass is 79.9. The molecule has 0 aliphatic heterocycles. The molecule has 0 aliphatic rings. The standard InChI is InChI=1S/C11H9BrN2O3/c1-13(2)7-3-4-14(5-6(7)12)8-9(15)11(17)10(8)16/h3-5H,1-2H3/p+1. The molecule has 1 N–H and O–H groups in total. The van der Waals surface area contributed by atoms with Crippen LogP contribution in [-0.2, 0) is 0 Å². The lowest BCUT2D eigenvalue weighted by Gasteiger charge is -2.12. The molecule has 5 nitrogen and oxygen atoms in total. The second-order valence-corrected chi connectivity index (χ2v) is 4.69. The zero-order chi connectivity index (χ0) is 12.7. The summed E-state index contributed by atoms with van der Waals surface area (Å²) in [5.74, 6) is -0.482. The first kappa shape index (κ1) is 11.8. The predicted octanol–water partition coefficient (Wildman–Crippen LogP) is 0.0934. The molecule has 2 rings (SSSR count). The van der Waals surface area contributed by atoms with Crippen LogP contribution in [-0.4, -0.2) is 19.2 Å². The Kier molecular flexibility index (Phi) is 2.74. The van der Waals surface area contributed by atoms with Gasteiger partial charge in [0.15, 0.2) is 12.4 Å². The quantitative estimate of drug-likeness (QED) is 0.631. The second kappa shape index (κ2) is 3.96. The van der Waals surface area contributed by atoms with E-state index in [9.17, 15) is 14.7 Å². The van der Waals surface area contributed by atoms with Crippen molar-refractivity contribution in [2.45, 2.75) is 0 Å². The number of halogens is 1. The van der Waals surface area contributed by atoms with E-state index in [1.165, 1.54) is 4.57 Å². The van der Waals surface area contributed by atoms with E-state index in [0.717, 1.165) is 10.2 Å². The van der Waals surface area contributed by atoms with Crippen molar-refractivity contribution in [3.8, 4) is 11.4 Å². The topological polar surface area (TPSA) is 61.5 Å². The molecular weight excluding hydrogens is 288 g/mol. The minimum Gasteiger partial charge on any atom is -0.499 e. The first-order valence-electron chi connectivity index (χ1n) is 4.84. The Morgan fingerprint density at radius 3 is 2.41 bits per heavy atom. The molecule has 0 amide bonds. The zero-order valence-corrected chi connectivity index (χ0v) is 10.9. The Balaban J connectivity index is 2.54. The average Bonchev–Trinajstić information content (AvgIpc) is 2.28. The summed E-state index contributed by atoms with van der Waals surface area (Å²) >= 11 is 3.36. The third-order valence-electron chi connectivity index (χ3n) is 2.49. The zero-order valence-electron chi connectivity index (χ0n) is 9.27. The minimum absolute atomic E-state index is 0.0148. The molecule has 0 unspecified atom stereocenters. The number of aromatic nitrogens is 1. The Morgan fingerprint density at radius 2 is 1.94 bits per heavy atom. The average molecular weight is 298 g/mol. The second-order valence-electron chi connectivity index (χ2n) is 3.84. The Morgan fingerprint density at radius 1 is 1.29 bits per heavy atom. The maximum Gasteiger partial charge on any atom is 0.309 e. The van der Waals surface area contributed by atoms with Crippen LogP contribution >= 0.6 is 15.9 Å². The van der Waals surface area contributed by atoms with Gasteiger partial charge in [-0.25, -0.2) is 0 Å². The highest BCUT2D eigenvalue weighted by molar-refractivity contribution is 9.10. The predicted molar refractivity (Wildman–Crippen MR) is 66.6 cm³/mol. The lowest BCUT2D eigenvalue weighted by Crippen LogP contribution is -2.46. The summed E-state index contributed by atoms with van der Waals surface area (Å²) in [4.78, 5) is 24.1. The molecule has 17 heavy (non-hydrogen) atoms. The van der Waals surface area contributed by atoms with Gasteiger partial charge in [0, 0.05) is 20.2 Å². The molecular formula is C11H10BrN2O3+. The summed E-state index contributed by atoms with van der Waals surface area (Å²) in [5.41, 5.74) is -0.558. The number of hydrogen-bond donors (Lipinski definition) is 1. The molecule has 1 heterocycles. The van der Waals surface area contributed by atoms with Crippen LogP contribution in [0.25, 0.3) is 5.69 Å². The van der Waals surface area contributed by atoms with Gasteiger partial charge in [0.25, 0.3) is 5.43 Å². The van der Waals surface area contributed by atoms with Crippen molar-refractivity contribution in [2.24, 2.45) is 0 Å². The van der Waals surface area contributed by atoms with Gasteiger partial charge in [0.1, 0.15) is 4.47 Å². The number of rotatable bonds is 2. The molecule has 0 spiro atoms. The van der Waals surface area contributed by atoms with Crippen LogP contribution in [0.2, 0.25) is 0 Å². The van der Waals surface area contributed by atoms with Gasteiger partial charge >= 0.3 is 11.1 Å². The van der Waals surface area contributed by atoms with Crippen molar-refractivity contribution >= 4 is 21.6 Å². The van der Waals surface area contributed by atoms with E-state index >= 15 is 0 Å². The lowest BCUT2D eigenvalue weighted by molar-refractivity contribution is -0.598. The van der Waals surface area contributed by atoms with Crippen LogP contribution < -0.4 is 20.3 Å². The fourth-order valence-electron chi connectivity index (χ4n) is 1.57. The highest BCUT2D eigenvalue weighted by Crippen LogP contribution is 2.22. The fourth-order valence-corrected chi connectivity index (χ4v) is 2.28. The molecule has 0 saturated heterocycles. The van der Waals surface area contributed by atoms with E-state index in [1.807, 2.05) is 19.0 Å². The third kappa shape index (κ3) is 1.74. The fraction of sp³-hybridized carbons (Fsp3) is 0.182. The van der Waals surface area contributed by atoms with E-state index in [4.69, 9.17) is 0 Å². The van der Waals surface area contributed by atoms with Crippen LogP contribution in [0, 0.1) is 0 Å². The summed E-state index contributed by atoms with van der Waals surface area (Å²) in [6, 6.07) is 1.78. The van der Waals surface area contributed by atoms with Crippen molar-refractivity contribution in [3.05, 3.63) is 43.4 Å².